The van der Waals surface area contributed by atoms with E-state index in [1.807, 2.05) is 0 Å². The zero-order valence-electron chi connectivity index (χ0n) is 13.9. The average Bonchev–Trinajstić information content (AvgIpc) is 2.65. The van der Waals surface area contributed by atoms with Gasteiger partial charge in [-0.3, -0.25) is 19.9 Å². The van der Waals surface area contributed by atoms with Crippen LogP contribution in [0.15, 0.2) is 30.6 Å². The van der Waals surface area contributed by atoms with Crippen molar-refractivity contribution in [3.63, 3.8) is 0 Å². The summed E-state index contributed by atoms with van der Waals surface area (Å²) in [4.78, 5) is 29.2. The Hall–Kier alpha value is -2.74. The number of nitro benzene ring substituents is 1. The van der Waals surface area contributed by atoms with Gasteiger partial charge in [-0.25, -0.2) is 0 Å². The van der Waals surface area contributed by atoms with Crippen molar-refractivity contribution in [2.75, 3.05) is 31.1 Å². The van der Waals surface area contributed by atoms with Crippen LogP contribution in [0.3, 0.4) is 0 Å². The van der Waals surface area contributed by atoms with Gasteiger partial charge in [0.05, 0.1) is 16.2 Å². The normalized spacial score (nSPS) is 17.5. The van der Waals surface area contributed by atoms with E-state index in [-0.39, 0.29) is 17.5 Å². The smallest absolute Gasteiger partial charge is 0.278 e. The summed E-state index contributed by atoms with van der Waals surface area (Å²) in [5, 5.41) is 15.4. The highest BCUT2D eigenvalue weighted by molar-refractivity contribution is 5.99. The van der Waals surface area contributed by atoms with Crippen molar-refractivity contribution in [1.82, 2.24) is 10.3 Å². The lowest BCUT2D eigenvalue weighted by atomic mass is 9.95. The van der Waals surface area contributed by atoms with Crippen molar-refractivity contribution < 1.29 is 9.72 Å². The molecule has 3 N–H and O–H groups in total. The average molecular weight is 343 g/mol. The van der Waals surface area contributed by atoms with Gasteiger partial charge in [0.25, 0.3) is 5.69 Å². The third-order valence-electron chi connectivity index (χ3n) is 4.55. The molecule has 0 aliphatic carbocycles. The lowest BCUT2D eigenvalue weighted by Crippen LogP contribution is -2.44. The molecule has 2 aromatic rings. The SMILES string of the molecule is NCCNC(=O)C1CCCN(c2ccc([N+](=O)[O-])c3cnccc23)C1. The van der Waals surface area contributed by atoms with Gasteiger partial charge >= 0.3 is 0 Å². The van der Waals surface area contributed by atoms with Crippen LogP contribution >= 0.6 is 0 Å². The fourth-order valence-electron chi connectivity index (χ4n) is 3.34. The number of hydrogen-bond donors (Lipinski definition) is 2. The number of carbonyl (C=O) groups is 1. The Bertz CT molecular complexity index is 795. The second-order valence-electron chi connectivity index (χ2n) is 6.15. The standard InChI is InChI=1S/C17H21N5O3/c18-6-8-20-17(23)12-2-1-9-21(11-12)15-3-4-16(22(24)25)14-10-19-7-5-13(14)15/h3-5,7,10,12H,1-2,6,8-9,11,18H2,(H,20,23). The molecule has 0 spiro atoms. The molecule has 0 radical (unpaired) electrons. The number of nitrogens with zero attached hydrogens (tertiary/aromatic N) is 3. The Morgan fingerprint density at radius 2 is 2.24 bits per heavy atom. The van der Waals surface area contributed by atoms with Crippen LogP contribution in [0.4, 0.5) is 11.4 Å². The van der Waals surface area contributed by atoms with Gasteiger partial charge in [0.15, 0.2) is 0 Å². The highest BCUT2D eigenvalue weighted by Gasteiger charge is 2.27. The number of hydrogen-bond acceptors (Lipinski definition) is 6. The molecule has 1 aliphatic rings. The molecule has 1 atom stereocenters. The van der Waals surface area contributed by atoms with Crippen LogP contribution in [0.1, 0.15) is 12.8 Å². The van der Waals surface area contributed by atoms with Crippen molar-refractivity contribution in [3.05, 3.63) is 40.7 Å². The molecule has 8 nitrogen and oxygen atoms in total. The van der Waals surface area contributed by atoms with E-state index in [1.165, 1.54) is 12.3 Å². The highest BCUT2D eigenvalue weighted by atomic mass is 16.6. The van der Waals surface area contributed by atoms with Gasteiger partial charge in [-0.05, 0) is 25.0 Å². The maximum Gasteiger partial charge on any atom is 0.278 e. The van der Waals surface area contributed by atoms with E-state index >= 15 is 0 Å². The van der Waals surface area contributed by atoms with Gasteiger partial charge in [0.1, 0.15) is 0 Å². The highest BCUT2D eigenvalue weighted by Crippen LogP contribution is 2.34. The predicted octanol–water partition coefficient (Wildman–Crippen LogP) is 1.43. The van der Waals surface area contributed by atoms with Crippen LogP contribution in [-0.4, -0.2) is 42.0 Å². The largest absolute Gasteiger partial charge is 0.370 e. The zero-order valence-corrected chi connectivity index (χ0v) is 13.9. The van der Waals surface area contributed by atoms with Gasteiger partial charge in [-0.15, -0.1) is 0 Å². The van der Waals surface area contributed by atoms with E-state index in [4.69, 9.17) is 5.73 Å². The Morgan fingerprint density at radius 1 is 1.40 bits per heavy atom. The number of piperidine rings is 1. The van der Waals surface area contributed by atoms with E-state index < -0.39 is 4.92 Å². The number of fused-ring (bicyclic) bond motifs is 1. The summed E-state index contributed by atoms with van der Waals surface area (Å²) in [7, 11) is 0. The van der Waals surface area contributed by atoms with Crippen molar-refractivity contribution in [3.8, 4) is 0 Å². The van der Waals surface area contributed by atoms with Gasteiger partial charge in [0.2, 0.25) is 5.91 Å². The minimum Gasteiger partial charge on any atom is -0.370 e. The molecule has 0 bridgehead atoms. The van der Waals surface area contributed by atoms with Crippen LogP contribution in [0, 0.1) is 16.0 Å². The fourth-order valence-corrected chi connectivity index (χ4v) is 3.34. The maximum absolute atomic E-state index is 12.2. The molecular weight excluding hydrogens is 322 g/mol. The fraction of sp³-hybridized carbons (Fsp3) is 0.412. The van der Waals surface area contributed by atoms with Gasteiger partial charge in [-0.1, -0.05) is 0 Å². The van der Waals surface area contributed by atoms with Gasteiger partial charge in [-0.2, -0.15) is 0 Å². The Kier molecular flexibility index (Phi) is 5.08. The Balaban J connectivity index is 1.90. The Labute approximate surface area is 145 Å². The van der Waals surface area contributed by atoms with Crippen LogP contribution in [0.2, 0.25) is 0 Å². The first-order chi connectivity index (χ1) is 12.1. The van der Waals surface area contributed by atoms with E-state index in [9.17, 15) is 14.9 Å². The molecule has 2 heterocycles. The van der Waals surface area contributed by atoms with Gasteiger partial charge < -0.3 is 16.0 Å². The van der Waals surface area contributed by atoms with E-state index in [0.29, 0.717) is 25.0 Å². The van der Waals surface area contributed by atoms with E-state index in [0.717, 1.165) is 30.5 Å². The lowest BCUT2D eigenvalue weighted by Gasteiger charge is -2.34. The number of benzene rings is 1. The van der Waals surface area contributed by atoms with Gasteiger partial charge in [0, 0.05) is 55.7 Å². The molecule has 3 rings (SSSR count). The number of rotatable bonds is 5. The second-order valence-corrected chi connectivity index (χ2v) is 6.15. The number of nitro groups is 1. The summed E-state index contributed by atoms with van der Waals surface area (Å²) >= 11 is 0. The topological polar surface area (TPSA) is 114 Å². The number of anilines is 1. The quantitative estimate of drug-likeness (QED) is 0.627. The first kappa shape index (κ1) is 17.1. The summed E-state index contributed by atoms with van der Waals surface area (Å²) in [6, 6.07) is 5.06. The number of pyridine rings is 1. The molecule has 1 aliphatic heterocycles. The number of aromatic nitrogens is 1. The Morgan fingerprint density at radius 3 is 3.00 bits per heavy atom. The van der Waals surface area contributed by atoms with Crippen LogP contribution in [-0.2, 0) is 4.79 Å². The molecule has 132 valence electrons. The monoisotopic (exact) mass is 343 g/mol. The minimum atomic E-state index is -0.396. The molecule has 1 unspecified atom stereocenters. The molecule has 1 amide bonds. The van der Waals surface area contributed by atoms with Crippen LogP contribution in [0.25, 0.3) is 10.8 Å². The first-order valence-corrected chi connectivity index (χ1v) is 8.35. The van der Waals surface area contributed by atoms with Crippen molar-refractivity contribution in [1.29, 1.82) is 0 Å². The molecule has 1 saturated heterocycles. The second kappa shape index (κ2) is 7.43. The zero-order chi connectivity index (χ0) is 17.8. The number of nitrogens with two attached hydrogens (primary N) is 1. The third-order valence-corrected chi connectivity index (χ3v) is 4.55. The predicted molar refractivity (Wildman–Crippen MR) is 95.4 cm³/mol. The molecule has 8 heteroatoms. The number of amides is 1. The molecule has 25 heavy (non-hydrogen) atoms. The van der Waals surface area contributed by atoms with Crippen molar-refractivity contribution >= 4 is 28.1 Å². The minimum absolute atomic E-state index is 0.0167. The first-order valence-electron chi connectivity index (χ1n) is 8.35. The molecule has 0 saturated carbocycles. The van der Waals surface area contributed by atoms with E-state index in [2.05, 4.69) is 15.2 Å². The molecular formula is C17H21N5O3. The summed E-state index contributed by atoms with van der Waals surface area (Å²) < 4.78 is 0. The van der Waals surface area contributed by atoms with Crippen LogP contribution in [0.5, 0.6) is 0 Å². The molecule has 1 fully saturated rings. The van der Waals surface area contributed by atoms with Crippen LogP contribution < -0.4 is 16.0 Å². The van der Waals surface area contributed by atoms with E-state index in [1.54, 1.807) is 18.3 Å². The van der Waals surface area contributed by atoms with Crippen molar-refractivity contribution in [2.45, 2.75) is 12.8 Å². The molecule has 1 aromatic carbocycles. The van der Waals surface area contributed by atoms with Crippen molar-refractivity contribution in [2.24, 2.45) is 11.7 Å². The summed E-state index contributed by atoms with van der Waals surface area (Å²) in [6.45, 7) is 2.30. The summed E-state index contributed by atoms with van der Waals surface area (Å²) in [5.41, 5.74) is 6.38. The third kappa shape index (κ3) is 3.53. The summed E-state index contributed by atoms with van der Waals surface area (Å²) in [6.07, 6.45) is 4.88. The number of nitrogens with one attached hydrogen (secondary N) is 1. The molecule has 1 aromatic heterocycles. The number of carbonyl (C=O) groups excluding carboxylic acids is 1. The lowest BCUT2D eigenvalue weighted by molar-refractivity contribution is -0.383. The number of non-ortho nitro benzene ring substituents is 1. The summed E-state index contributed by atoms with van der Waals surface area (Å²) in [5.74, 6) is -0.0876. The maximum atomic E-state index is 12.2.